The fourth-order valence-electron chi connectivity index (χ4n) is 3.42. The molecule has 0 heterocycles. The molecule has 0 aliphatic heterocycles. The Morgan fingerprint density at radius 1 is 0.846 bits per heavy atom. The van der Waals surface area contributed by atoms with Crippen molar-refractivity contribution in [1.29, 1.82) is 0 Å². The average molecular weight is 382 g/mol. The molecule has 0 fully saturated rings. The summed E-state index contributed by atoms with van der Waals surface area (Å²) in [5.41, 5.74) is 1.48. The molecule has 1 unspecified atom stereocenters. The summed E-state index contributed by atoms with van der Waals surface area (Å²) in [5.74, 6) is 0. The predicted octanol–water partition coefficient (Wildman–Crippen LogP) is 4.75. The summed E-state index contributed by atoms with van der Waals surface area (Å²) in [7, 11) is 2.44. The second kappa shape index (κ2) is 14.3. The van der Waals surface area contributed by atoms with Crippen molar-refractivity contribution in [3.05, 3.63) is 35.9 Å². The molecule has 0 saturated heterocycles. The van der Waals surface area contributed by atoms with Crippen molar-refractivity contribution in [3.63, 3.8) is 0 Å². The largest absolute Gasteiger partial charge is 0.518 e. The lowest BCUT2D eigenvalue weighted by Crippen LogP contribution is -2.60. The molecule has 1 N–H and O–H groups in total. The minimum absolute atomic E-state index is 0.141. The highest BCUT2D eigenvalue weighted by molar-refractivity contribution is 6.62. The number of hydrogen-bond acceptors (Lipinski definition) is 4. The maximum absolute atomic E-state index is 5.74. The van der Waals surface area contributed by atoms with Crippen LogP contribution in [-0.2, 0) is 19.7 Å². The van der Waals surface area contributed by atoms with Crippen LogP contribution in [0.5, 0.6) is 0 Å². The Morgan fingerprint density at radius 3 is 2.00 bits per heavy atom. The number of nitrogens with one attached hydrogen (secondary N) is 1. The molecule has 0 bridgehead atoms. The first-order chi connectivity index (χ1) is 12.7. The van der Waals surface area contributed by atoms with Gasteiger partial charge in [0.25, 0.3) is 0 Å². The number of hydrogen-bond donors (Lipinski definition) is 1. The Morgan fingerprint density at radius 2 is 1.42 bits per heavy atom. The maximum atomic E-state index is 5.74. The van der Waals surface area contributed by atoms with Crippen LogP contribution in [0, 0.1) is 0 Å². The first-order valence-corrected chi connectivity index (χ1v) is 11.9. The van der Waals surface area contributed by atoms with Crippen LogP contribution < -0.4 is 5.32 Å². The Balaban J connectivity index is 2.47. The quantitative estimate of drug-likeness (QED) is 0.331. The van der Waals surface area contributed by atoms with Crippen LogP contribution in [0.3, 0.4) is 0 Å². The van der Waals surface area contributed by atoms with Crippen molar-refractivity contribution in [1.82, 2.24) is 5.32 Å². The van der Waals surface area contributed by atoms with Gasteiger partial charge in [0.15, 0.2) is 0 Å². The maximum Gasteiger partial charge on any atom is 0.518 e. The SMILES string of the molecule is CCCCCCCCCC(NCCc1ccccc1)[Si](OC)(OC)OC. The Hall–Kier alpha value is -0.723. The summed E-state index contributed by atoms with van der Waals surface area (Å²) in [6, 6.07) is 10.6. The van der Waals surface area contributed by atoms with Gasteiger partial charge in [-0.1, -0.05) is 82.2 Å². The van der Waals surface area contributed by atoms with Crippen molar-refractivity contribution in [2.45, 2.75) is 70.4 Å². The summed E-state index contributed by atoms with van der Waals surface area (Å²) < 4.78 is 17.2. The zero-order valence-corrected chi connectivity index (χ0v) is 18.3. The molecule has 0 aliphatic rings. The van der Waals surface area contributed by atoms with Crippen LogP contribution in [0.4, 0.5) is 0 Å². The van der Waals surface area contributed by atoms with Gasteiger partial charge in [-0.3, -0.25) is 0 Å². The summed E-state index contributed by atoms with van der Waals surface area (Å²) >= 11 is 0. The van der Waals surface area contributed by atoms with Gasteiger partial charge >= 0.3 is 8.80 Å². The zero-order valence-electron chi connectivity index (χ0n) is 17.3. The van der Waals surface area contributed by atoms with Crippen LogP contribution in [0.15, 0.2) is 30.3 Å². The van der Waals surface area contributed by atoms with E-state index in [0.717, 1.165) is 19.4 Å². The van der Waals surface area contributed by atoms with Gasteiger partial charge in [-0.25, -0.2) is 0 Å². The third-order valence-corrected chi connectivity index (χ3v) is 8.08. The highest BCUT2D eigenvalue weighted by atomic mass is 28.4. The molecule has 1 aromatic carbocycles. The zero-order chi connectivity index (χ0) is 19.1. The molecule has 0 amide bonds. The van der Waals surface area contributed by atoms with Crippen molar-refractivity contribution in [2.24, 2.45) is 0 Å². The van der Waals surface area contributed by atoms with Gasteiger partial charge in [-0.15, -0.1) is 0 Å². The van der Waals surface area contributed by atoms with Crippen molar-refractivity contribution < 1.29 is 13.3 Å². The molecular formula is C21H39NO3Si. The first-order valence-electron chi connectivity index (χ1n) is 10.1. The van der Waals surface area contributed by atoms with Crippen molar-refractivity contribution in [2.75, 3.05) is 27.9 Å². The van der Waals surface area contributed by atoms with Gasteiger partial charge in [0, 0.05) is 21.3 Å². The molecule has 0 aromatic heterocycles. The van der Waals surface area contributed by atoms with Gasteiger partial charge < -0.3 is 18.6 Å². The van der Waals surface area contributed by atoms with Crippen LogP contribution in [0.25, 0.3) is 0 Å². The normalized spacial score (nSPS) is 13.1. The van der Waals surface area contributed by atoms with Gasteiger partial charge in [-0.05, 0) is 24.9 Å². The summed E-state index contributed by atoms with van der Waals surface area (Å²) in [6.45, 7) is 3.16. The standard InChI is InChI=1S/C21H39NO3Si/c1-5-6-7-8-9-10-14-17-21(26(23-2,24-3)25-4)22-19-18-20-15-12-11-13-16-20/h11-13,15-16,21-22H,5-10,14,17-19H2,1-4H3. The van der Waals surface area contributed by atoms with Crippen molar-refractivity contribution in [3.8, 4) is 0 Å². The molecule has 1 aromatic rings. The van der Waals surface area contributed by atoms with E-state index in [2.05, 4.69) is 42.6 Å². The smallest absolute Gasteiger partial charge is 0.376 e. The van der Waals surface area contributed by atoms with E-state index in [4.69, 9.17) is 13.3 Å². The molecule has 26 heavy (non-hydrogen) atoms. The van der Waals surface area contributed by atoms with Gasteiger partial charge in [0.05, 0.1) is 5.67 Å². The van der Waals surface area contributed by atoms with E-state index in [0.29, 0.717) is 0 Å². The van der Waals surface area contributed by atoms with Gasteiger partial charge in [0.2, 0.25) is 0 Å². The molecule has 150 valence electrons. The van der Waals surface area contributed by atoms with Crippen LogP contribution in [0.1, 0.15) is 63.9 Å². The third-order valence-electron chi connectivity index (χ3n) is 5.02. The number of rotatable bonds is 16. The van der Waals surface area contributed by atoms with E-state index in [1.807, 2.05) is 0 Å². The van der Waals surface area contributed by atoms with Gasteiger partial charge in [-0.2, -0.15) is 0 Å². The van der Waals surface area contributed by atoms with Crippen LogP contribution in [-0.4, -0.2) is 42.3 Å². The first kappa shape index (κ1) is 23.3. The third kappa shape index (κ3) is 8.31. The topological polar surface area (TPSA) is 39.7 Å². The van der Waals surface area contributed by atoms with Crippen molar-refractivity contribution >= 4 is 8.80 Å². The predicted molar refractivity (Wildman–Crippen MR) is 111 cm³/mol. The number of benzene rings is 1. The Kier molecular flexibility index (Phi) is 12.9. The monoisotopic (exact) mass is 381 g/mol. The molecule has 0 saturated carbocycles. The van der Waals surface area contributed by atoms with E-state index in [9.17, 15) is 0 Å². The second-order valence-electron chi connectivity index (χ2n) is 6.87. The van der Waals surface area contributed by atoms with Crippen LogP contribution >= 0.6 is 0 Å². The highest BCUT2D eigenvalue weighted by Crippen LogP contribution is 2.19. The Bertz CT molecular complexity index is 432. The molecule has 5 heteroatoms. The summed E-state index contributed by atoms with van der Waals surface area (Å²) in [4.78, 5) is 0. The molecule has 4 nitrogen and oxygen atoms in total. The second-order valence-corrected chi connectivity index (χ2v) is 10.00. The molecular weight excluding hydrogens is 342 g/mol. The molecule has 0 radical (unpaired) electrons. The van der Waals surface area contributed by atoms with Gasteiger partial charge in [0.1, 0.15) is 0 Å². The van der Waals surface area contributed by atoms with E-state index >= 15 is 0 Å². The average Bonchev–Trinajstić information content (AvgIpc) is 2.69. The highest BCUT2D eigenvalue weighted by Gasteiger charge is 2.46. The fraction of sp³-hybridized carbons (Fsp3) is 0.714. The fourth-order valence-corrected chi connectivity index (χ4v) is 5.73. The van der Waals surface area contributed by atoms with E-state index in [1.165, 1.54) is 50.5 Å². The molecule has 1 rings (SSSR count). The van der Waals surface area contributed by atoms with E-state index in [-0.39, 0.29) is 5.67 Å². The lowest BCUT2D eigenvalue weighted by atomic mass is 10.1. The lowest BCUT2D eigenvalue weighted by Gasteiger charge is -2.33. The van der Waals surface area contributed by atoms with E-state index in [1.54, 1.807) is 21.3 Å². The lowest BCUT2D eigenvalue weighted by molar-refractivity contribution is 0.105. The Labute approximate surface area is 162 Å². The molecule has 0 aliphatic carbocycles. The molecule has 0 spiro atoms. The molecule has 1 atom stereocenters. The minimum Gasteiger partial charge on any atom is -0.376 e. The minimum atomic E-state index is -2.68. The summed E-state index contributed by atoms with van der Waals surface area (Å²) in [5, 5.41) is 3.66. The number of unbranched alkanes of at least 4 members (excludes halogenated alkanes) is 6. The van der Waals surface area contributed by atoms with E-state index < -0.39 is 8.80 Å². The van der Waals surface area contributed by atoms with Crippen LogP contribution in [0.2, 0.25) is 0 Å². The summed E-state index contributed by atoms with van der Waals surface area (Å²) in [6.07, 6.45) is 11.2.